The molecule has 2 N–H and O–H groups in total. The highest BCUT2D eigenvalue weighted by Crippen LogP contribution is 2.37. The number of nitrogens with one attached hydrogen (secondary N) is 1. The van der Waals surface area contributed by atoms with Crippen molar-refractivity contribution in [2.45, 2.75) is 31.7 Å². The quantitative estimate of drug-likeness (QED) is 0.639. The van der Waals surface area contributed by atoms with Gasteiger partial charge >= 0.3 is 11.7 Å². The second-order valence-electron chi connectivity index (χ2n) is 5.09. The lowest BCUT2D eigenvalue weighted by Gasteiger charge is -2.30. The lowest BCUT2D eigenvalue weighted by molar-refractivity contribution is -0.384. The molecule has 2 atom stereocenters. The molecule has 1 fully saturated rings. The predicted octanol–water partition coefficient (Wildman–Crippen LogP) is 2.66. The molecule has 0 heterocycles. The number of methoxy groups -OCH3 is 1. The molecule has 0 saturated heterocycles. The summed E-state index contributed by atoms with van der Waals surface area (Å²) in [6.07, 6.45) is 3.06. The van der Waals surface area contributed by atoms with Crippen molar-refractivity contribution in [3.63, 3.8) is 0 Å². The zero-order valence-electron chi connectivity index (χ0n) is 11.7. The monoisotopic (exact) mass is 294 g/mol. The molecule has 0 bridgehead atoms. The van der Waals surface area contributed by atoms with Gasteiger partial charge in [0.15, 0.2) is 5.75 Å². The topological polar surface area (TPSA) is 102 Å². The summed E-state index contributed by atoms with van der Waals surface area (Å²) in [7, 11) is 1.37. The van der Waals surface area contributed by atoms with Gasteiger partial charge in [0.05, 0.1) is 18.0 Å². The number of carboxylic acids is 1. The van der Waals surface area contributed by atoms with Gasteiger partial charge in [-0.3, -0.25) is 14.9 Å². The Kier molecular flexibility index (Phi) is 4.62. The Morgan fingerprint density at radius 2 is 2.14 bits per heavy atom. The van der Waals surface area contributed by atoms with E-state index < -0.39 is 16.8 Å². The van der Waals surface area contributed by atoms with Crippen LogP contribution >= 0.6 is 0 Å². The van der Waals surface area contributed by atoms with Crippen molar-refractivity contribution in [3.8, 4) is 5.75 Å². The largest absolute Gasteiger partial charge is 0.490 e. The van der Waals surface area contributed by atoms with Gasteiger partial charge in [0.2, 0.25) is 0 Å². The van der Waals surface area contributed by atoms with Crippen LogP contribution < -0.4 is 10.1 Å². The average molecular weight is 294 g/mol. The number of anilines is 1. The Bertz CT molecular complexity index is 546. The number of carbonyl (C=O) groups is 1. The highest BCUT2D eigenvalue weighted by atomic mass is 16.6. The minimum Gasteiger partial charge on any atom is -0.490 e. The maximum Gasteiger partial charge on any atom is 0.333 e. The zero-order chi connectivity index (χ0) is 15.4. The van der Waals surface area contributed by atoms with Gasteiger partial charge in [0, 0.05) is 6.04 Å². The molecule has 2 rings (SSSR count). The minimum atomic E-state index is -0.863. The van der Waals surface area contributed by atoms with Gasteiger partial charge in [0.25, 0.3) is 0 Å². The summed E-state index contributed by atoms with van der Waals surface area (Å²) in [5.41, 5.74) is 0.146. The Balaban J connectivity index is 2.29. The van der Waals surface area contributed by atoms with Crippen LogP contribution in [-0.2, 0) is 4.79 Å². The summed E-state index contributed by atoms with van der Waals surface area (Å²) in [6.45, 7) is 0. The molecule has 7 heteroatoms. The second-order valence-corrected chi connectivity index (χ2v) is 5.09. The van der Waals surface area contributed by atoms with E-state index in [0.29, 0.717) is 18.5 Å². The number of aliphatic carboxylic acids is 1. The number of carboxylic acid groups (broad SMARTS) is 1. The Hall–Kier alpha value is -2.31. The van der Waals surface area contributed by atoms with Gasteiger partial charge < -0.3 is 15.2 Å². The molecule has 7 nitrogen and oxygen atoms in total. The van der Waals surface area contributed by atoms with E-state index in [4.69, 9.17) is 4.74 Å². The fourth-order valence-corrected chi connectivity index (χ4v) is 2.79. The molecule has 0 radical (unpaired) electrons. The second kappa shape index (κ2) is 6.43. The molecule has 0 amide bonds. The van der Waals surface area contributed by atoms with Crippen molar-refractivity contribution in [1.82, 2.24) is 0 Å². The van der Waals surface area contributed by atoms with Crippen molar-refractivity contribution in [1.29, 1.82) is 0 Å². The number of nitrogens with zero attached hydrogens (tertiary/aromatic N) is 1. The Labute approximate surface area is 122 Å². The first-order chi connectivity index (χ1) is 10.0. The molecule has 1 aromatic rings. The number of benzene rings is 1. The summed E-state index contributed by atoms with van der Waals surface area (Å²) in [4.78, 5) is 22.0. The molecule has 0 aromatic heterocycles. The lowest BCUT2D eigenvalue weighted by Crippen LogP contribution is -2.37. The molecule has 1 aliphatic rings. The standard InChI is InChI=1S/C14H18N2O5/c1-21-12-8-4-7-11(13(12)16(19)20)15-10-6-3-2-5-9(10)14(17)18/h4,7-10,15H,2-3,5-6H2,1H3,(H,17,18). The van der Waals surface area contributed by atoms with E-state index in [1.54, 1.807) is 12.1 Å². The Morgan fingerprint density at radius 1 is 1.43 bits per heavy atom. The van der Waals surface area contributed by atoms with E-state index in [9.17, 15) is 20.0 Å². The van der Waals surface area contributed by atoms with E-state index in [2.05, 4.69) is 5.32 Å². The smallest absolute Gasteiger partial charge is 0.333 e. The van der Waals surface area contributed by atoms with E-state index in [-0.39, 0.29) is 17.5 Å². The van der Waals surface area contributed by atoms with Gasteiger partial charge in [0.1, 0.15) is 5.69 Å². The van der Waals surface area contributed by atoms with E-state index >= 15 is 0 Å². The van der Waals surface area contributed by atoms with Crippen molar-refractivity contribution in [2.24, 2.45) is 5.92 Å². The summed E-state index contributed by atoms with van der Waals surface area (Å²) in [6, 6.07) is 4.43. The summed E-state index contributed by atoms with van der Waals surface area (Å²) in [5.74, 6) is -1.23. The number of ether oxygens (including phenoxy) is 1. The number of hydrogen-bond donors (Lipinski definition) is 2. The molecule has 0 aliphatic heterocycles. The highest BCUT2D eigenvalue weighted by molar-refractivity contribution is 5.74. The lowest BCUT2D eigenvalue weighted by atomic mass is 9.84. The van der Waals surface area contributed by atoms with Crippen LogP contribution in [0.2, 0.25) is 0 Å². The van der Waals surface area contributed by atoms with Gasteiger partial charge in [-0.15, -0.1) is 0 Å². The van der Waals surface area contributed by atoms with Crippen LogP contribution in [-0.4, -0.2) is 29.2 Å². The minimum absolute atomic E-state index is 0.158. The maximum absolute atomic E-state index is 11.3. The van der Waals surface area contributed by atoms with Crippen molar-refractivity contribution < 1.29 is 19.6 Å². The summed E-state index contributed by atoms with van der Waals surface area (Å²) in [5, 5.41) is 23.5. The molecular weight excluding hydrogens is 276 g/mol. The molecule has 21 heavy (non-hydrogen) atoms. The van der Waals surface area contributed by atoms with Crippen LogP contribution in [0.1, 0.15) is 25.7 Å². The van der Waals surface area contributed by atoms with Gasteiger partial charge in [-0.2, -0.15) is 0 Å². The fraction of sp³-hybridized carbons (Fsp3) is 0.500. The molecule has 114 valence electrons. The molecular formula is C14H18N2O5. The number of para-hydroxylation sites is 1. The van der Waals surface area contributed by atoms with Crippen LogP contribution in [0.4, 0.5) is 11.4 Å². The van der Waals surface area contributed by atoms with Crippen LogP contribution in [0.15, 0.2) is 18.2 Å². The van der Waals surface area contributed by atoms with Crippen LogP contribution in [0.3, 0.4) is 0 Å². The molecule has 1 aliphatic carbocycles. The first kappa shape index (κ1) is 15.1. The zero-order valence-corrected chi connectivity index (χ0v) is 11.7. The fourth-order valence-electron chi connectivity index (χ4n) is 2.79. The van der Waals surface area contributed by atoms with E-state index in [1.165, 1.54) is 13.2 Å². The number of rotatable bonds is 5. The third-order valence-corrected chi connectivity index (χ3v) is 3.83. The molecule has 1 saturated carbocycles. The molecule has 0 spiro atoms. The van der Waals surface area contributed by atoms with Crippen molar-refractivity contribution >= 4 is 17.3 Å². The normalized spacial score (nSPS) is 21.6. The number of nitro groups is 1. The molecule has 2 unspecified atom stereocenters. The maximum atomic E-state index is 11.3. The van der Waals surface area contributed by atoms with Crippen LogP contribution in [0.25, 0.3) is 0 Å². The van der Waals surface area contributed by atoms with Crippen LogP contribution in [0, 0.1) is 16.0 Å². The van der Waals surface area contributed by atoms with Crippen LogP contribution in [0.5, 0.6) is 5.75 Å². The number of nitro benzene ring substituents is 1. The SMILES string of the molecule is COc1cccc(NC2CCCCC2C(=O)O)c1[N+](=O)[O-]. The predicted molar refractivity (Wildman–Crippen MR) is 76.7 cm³/mol. The van der Waals surface area contributed by atoms with E-state index in [0.717, 1.165) is 12.8 Å². The third kappa shape index (κ3) is 3.24. The first-order valence-electron chi connectivity index (χ1n) is 6.85. The summed E-state index contributed by atoms with van der Waals surface area (Å²) >= 11 is 0. The van der Waals surface area contributed by atoms with Crippen molar-refractivity contribution in [3.05, 3.63) is 28.3 Å². The van der Waals surface area contributed by atoms with Crippen molar-refractivity contribution in [2.75, 3.05) is 12.4 Å². The van der Waals surface area contributed by atoms with Gasteiger partial charge in [-0.25, -0.2) is 0 Å². The summed E-state index contributed by atoms with van der Waals surface area (Å²) < 4.78 is 5.01. The van der Waals surface area contributed by atoms with Gasteiger partial charge in [-0.1, -0.05) is 18.9 Å². The van der Waals surface area contributed by atoms with Gasteiger partial charge in [-0.05, 0) is 25.0 Å². The average Bonchev–Trinajstić information content (AvgIpc) is 2.47. The first-order valence-corrected chi connectivity index (χ1v) is 6.85. The highest BCUT2D eigenvalue weighted by Gasteiger charge is 2.32. The molecule has 1 aromatic carbocycles. The Morgan fingerprint density at radius 3 is 2.76 bits per heavy atom. The third-order valence-electron chi connectivity index (χ3n) is 3.83. The number of hydrogen-bond acceptors (Lipinski definition) is 5. The van der Waals surface area contributed by atoms with E-state index in [1.807, 2.05) is 0 Å².